The molecule has 5 nitrogen and oxygen atoms in total. The number of hydrogen-bond donors (Lipinski definition) is 2. The van der Waals surface area contributed by atoms with Crippen LogP contribution >= 0.6 is 11.8 Å². The van der Waals surface area contributed by atoms with Gasteiger partial charge in [-0.2, -0.15) is 0 Å². The van der Waals surface area contributed by atoms with Crippen LogP contribution in [0, 0.1) is 12.8 Å². The summed E-state index contributed by atoms with van der Waals surface area (Å²) in [5.74, 6) is 1.85. The molecule has 1 atom stereocenters. The van der Waals surface area contributed by atoms with Gasteiger partial charge in [0.15, 0.2) is 5.16 Å². The average Bonchev–Trinajstić information content (AvgIpc) is 3.07. The molecule has 0 amide bonds. The minimum atomic E-state index is -0.732. The zero-order chi connectivity index (χ0) is 11.8. The predicted molar refractivity (Wildman–Crippen MR) is 63.2 cm³/mol. The van der Waals surface area contributed by atoms with Crippen molar-refractivity contribution in [3.8, 4) is 0 Å². The molecular formula is C10H18N4OS. The van der Waals surface area contributed by atoms with Crippen molar-refractivity contribution in [2.75, 3.05) is 12.3 Å². The lowest BCUT2D eigenvalue weighted by atomic mass is 10.0. The van der Waals surface area contributed by atoms with Crippen LogP contribution in [0.4, 0.5) is 0 Å². The number of nitrogens with two attached hydrogens (primary N) is 1. The first-order chi connectivity index (χ1) is 7.57. The van der Waals surface area contributed by atoms with Crippen LogP contribution in [0.15, 0.2) is 5.16 Å². The molecular weight excluding hydrogens is 224 g/mol. The first kappa shape index (κ1) is 11.9. The second kappa shape index (κ2) is 4.35. The quantitative estimate of drug-likeness (QED) is 0.727. The van der Waals surface area contributed by atoms with Crippen LogP contribution in [0.2, 0.25) is 0 Å². The van der Waals surface area contributed by atoms with E-state index in [1.807, 2.05) is 18.5 Å². The lowest BCUT2D eigenvalue weighted by molar-refractivity contribution is 0.0509. The third kappa shape index (κ3) is 2.23. The van der Waals surface area contributed by atoms with Crippen LogP contribution < -0.4 is 5.73 Å². The van der Waals surface area contributed by atoms with E-state index in [0.717, 1.165) is 23.8 Å². The molecule has 3 N–H and O–H groups in total. The van der Waals surface area contributed by atoms with Gasteiger partial charge in [-0.3, -0.25) is 0 Å². The Balaban J connectivity index is 1.98. The first-order valence-electron chi connectivity index (χ1n) is 5.48. The van der Waals surface area contributed by atoms with Crippen molar-refractivity contribution < 1.29 is 5.11 Å². The number of nitrogens with zero attached hydrogens (tertiary/aromatic N) is 3. The van der Waals surface area contributed by atoms with Gasteiger partial charge in [0.25, 0.3) is 0 Å². The van der Waals surface area contributed by atoms with Gasteiger partial charge >= 0.3 is 0 Å². The van der Waals surface area contributed by atoms with Gasteiger partial charge in [-0.1, -0.05) is 11.8 Å². The zero-order valence-electron chi connectivity index (χ0n) is 9.68. The summed E-state index contributed by atoms with van der Waals surface area (Å²) in [6, 6.07) is 0. The van der Waals surface area contributed by atoms with E-state index in [1.165, 1.54) is 11.8 Å². The summed E-state index contributed by atoms with van der Waals surface area (Å²) in [7, 11) is 1.93. The Kier molecular flexibility index (Phi) is 3.23. The van der Waals surface area contributed by atoms with Gasteiger partial charge < -0.3 is 15.4 Å². The highest BCUT2D eigenvalue weighted by molar-refractivity contribution is 7.99. The van der Waals surface area contributed by atoms with Crippen LogP contribution in [-0.2, 0) is 7.05 Å². The fourth-order valence-corrected chi connectivity index (χ4v) is 2.82. The average molecular weight is 242 g/mol. The van der Waals surface area contributed by atoms with Crippen molar-refractivity contribution in [3.05, 3.63) is 5.82 Å². The summed E-state index contributed by atoms with van der Waals surface area (Å²) >= 11 is 1.53. The number of aromatic nitrogens is 3. The van der Waals surface area contributed by atoms with E-state index in [1.54, 1.807) is 0 Å². The molecule has 0 aromatic carbocycles. The molecule has 2 rings (SSSR count). The number of rotatable bonds is 5. The van der Waals surface area contributed by atoms with Crippen molar-refractivity contribution in [2.45, 2.75) is 30.5 Å². The summed E-state index contributed by atoms with van der Waals surface area (Å²) in [6.07, 6.45) is 2.18. The molecule has 0 saturated heterocycles. The Labute approximate surface area is 99.4 Å². The maximum Gasteiger partial charge on any atom is 0.191 e. The molecule has 1 heterocycles. The van der Waals surface area contributed by atoms with Gasteiger partial charge in [0.1, 0.15) is 5.82 Å². The second-order valence-electron chi connectivity index (χ2n) is 4.46. The third-order valence-corrected chi connectivity index (χ3v) is 4.45. The van der Waals surface area contributed by atoms with Gasteiger partial charge in [0, 0.05) is 19.3 Å². The van der Waals surface area contributed by atoms with Crippen LogP contribution in [0.5, 0.6) is 0 Å². The lowest BCUT2D eigenvalue weighted by Gasteiger charge is -2.25. The molecule has 16 heavy (non-hydrogen) atoms. The maximum absolute atomic E-state index is 10.3. The molecule has 1 saturated carbocycles. The Bertz CT molecular complexity index is 377. The summed E-state index contributed by atoms with van der Waals surface area (Å²) in [6.45, 7) is 2.23. The van der Waals surface area contributed by atoms with Gasteiger partial charge in [0.05, 0.1) is 5.60 Å². The molecule has 90 valence electrons. The van der Waals surface area contributed by atoms with Crippen molar-refractivity contribution >= 4 is 11.8 Å². The Morgan fingerprint density at radius 1 is 1.56 bits per heavy atom. The van der Waals surface area contributed by atoms with Gasteiger partial charge in [-0.05, 0) is 25.7 Å². The molecule has 1 aliphatic rings. The molecule has 1 fully saturated rings. The van der Waals surface area contributed by atoms with Crippen LogP contribution in [0.1, 0.15) is 18.7 Å². The van der Waals surface area contributed by atoms with Crippen LogP contribution in [0.25, 0.3) is 0 Å². The lowest BCUT2D eigenvalue weighted by Crippen LogP contribution is -2.42. The van der Waals surface area contributed by atoms with E-state index in [2.05, 4.69) is 10.2 Å². The maximum atomic E-state index is 10.3. The fourth-order valence-electron chi connectivity index (χ4n) is 1.67. The highest BCUT2D eigenvalue weighted by atomic mass is 32.2. The molecule has 0 bridgehead atoms. The zero-order valence-corrected chi connectivity index (χ0v) is 10.5. The minimum absolute atomic E-state index is 0.321. The third-order valence-electron chi connectivity index (χ3n) is 3.19. The summed E-state index contributed by atoms with van der Waals surface area (Å²) < 4.78 is 1.93. The molecule has 6 heteroatoms. The Morgan fingerprint density at radius 3 is 2.69 bits per heavy atom. The fraction of sp³-hybridized carbons (Fsp3) is 0.800. The standard InChI is InChI=1S/C10H18N4OS/c1-7-12-13-9(14(7)2)16-6-10(15,5-11)8-3-4-8/h8,15H,3-6,11H2,1-2H3. The van der Waals surface area contributed by atoms with Crippen LogP contribution in [0.3, 0.4) is 0 Å². The Hall–Kier alpha value is -0.590. The number of thioether (sulfide) groups is 1. The molecule has 1 aromatic heterocycles. The van der Waals surface area contributed by atoms with Crippen molar-refractivity contribution in [1.29, 1.82) is 0 Å². The highest BCUT2D eigenvalue weighted by Crippen LogP contribution is 2.41. The van der Waals surface area contributed by atoms with Gasteiger partial charge in [-0.15, -0.1) is 10.2 Å². The molecule has 0 aliphatic heterocycles. The van der Waals surface area contributed by atoms with E-state index in [9.17, 15) is 5.11 Å². The van der Waals surface area contributed by atoms with Gasteiger partial charge in [0.2, 0.25) is 0 Å². The number of aliphatic hydroxyl groups is 1. The summed E-state index contributed by atoms with van der Waals surface area (Å²) in [4.78, 5) is 0. The van der Waals surface area contributed by atoms with Crippen LogP contribution in [-0.4, -0.2) is 37.8 Å². The van der Waals surface area contributed by atoms with E-state index >= 15 is 0 Å². The topological polar surface area (TPSA) is 77.0 Å². The van der Waals surface area contributed by atoms with Crippen molar-refractivity contribution in [1.82, 2.24) is 14.8 Å². The van der Waals surface area contributed by atoms with Crippen molar-refractivity contribution in [3.63, 3.8) is 0 Å². The van der Waals surface area contributed by atoms with Crippen molar-refractivity contribution in [2.24, 2.45) is 18.7 Å². The summed E-state index contributed by atoms with van der Waals surface area (Å²) in [5.41, 5.74) is 4.92. The van der Waals surface area contributed by atoms with Gasteiger partial charge in [-0.25, -0.2) is 0 Å². The normalized spacial score (nSPS) is 19.8. The SMILES string of the molecule is Cc1nnc(SCC(O)(CN)C2CC2)n1C. The monoisotopic (exact) mass is 242 g/mol. The number of aryl methyl sites for hydroxylation is 1. The smallest absolute Gasteiger partial charge is 0.191 e. The van der Waals surface area contributed by atoms with E-state index < -0.39 is 5.60 Å². The largest absolute Gasteiger partial charge is 0.387 e. The molecule has 0 spiro atoms. The first-order valence-corrected chi connectivity index (χ1v) is 6.46. The molecule has 1 unspecified atom stereocenters. The molecule has 1 aromatic rings. The minimum Gasteiger partial charge on any atom is -0.387 e. The molecule has 1 aliphatic carbocycles. The second-order valence-corrected chi connectivity index (χ2v) is 5.40. The van der Waals surface area contributed by atoms with E-state index in [-0.39, 0.29) is 0 Å². The Morgan fingerprint density at radius 2 is 2.25 bits per heavy atom. The van der Waals surface area contributed by atoms with E-state index in [4.69, 9.17) is 5.73 Å². The summed E-state index contributed by atoms with van der Waals surface area (Å²) in [5, 5.41) is 19.2. The highest BCUT2D eigenvalue weighted by Gasteiger charge is 2.42. The number of hydrogen-bond acceptors (Lipinski definition) is 5. The predicted octanol–water partition coefficient (Wildman–Crippen LogP) is 0.315. The van der Waals surface area contributed by atoms with E-state index in [0.29, 0.717) is 18.2 Å². The molecule has 0 radical (unpaired) electrons.